The Morgan fingerprint density at radius 1 is 1.21 bits per heavy atom. The van der Waals surface area contributed by atoms with Crippen molar-refractivity contribution in [2.45, 2.75) is 32.2 Å². The third-order valence-electron chi connectivity index (χ3n) is 4.26. The Morgan fingerprint density at radius 2 is 2.08 bits per heavy atom. The number of aromatic nitrogens is 4. The van der Waals surface area contributed by atoms with Gasteiger partial charge >= 0.3 is 0 Å². The number of piperidine rings is 1. The molecule has 0 amide bonds. The summed E-state index contributed by atoms with van der Waals surface area (Å²) >= 11 is 0. The van der Waals surface area contributed by atoms with Crippen molar-refractivity contribution in [1.29, 1.82) is 0 Å². The summed E-state index contributed by atoms with van der Waals surface area (Å²) in [7, 11) is 0. The van der Waals surface area contributed by atoms with Crippen LogP contribution < -0.4 is 0 Å². The average molecular weight is 325 g/mol. The van der Waals surface area contributed by atoms with E-state index >= 15 is 0 Å². The fraction of sp³-hybridized carbons (Fsp3) is 0.412. The van der Waals surface area contributed by atoms with Crippen molar-refractivity contribution in [3.63, 3.8) is 0 Å². The molecule has 3 heterocycles. The fourth-order valence-corrected chi connectivity index (χ4v) is 3.10. The number of rotatable bonds is 4. The lowest BCUT2D eigenvalue weighted by atomic mass is 9.98. The third-order valence-corrected chi connectivity index (χ3v) is 4.26. The van der Waals surface area contributed by atoms with Crippen LogP contribution >= 0.6 is 0 Å². The largest absolute Gasteiger partial charge is 0.424 e. The summed E-state index contributed by atoms with van der Waals surface area (Å²) < 4.78 is 11.0. The van der Waals surface area contributed by atoms with Gasteiger partial charge in [0.15, 0.2) is 0 Å². The standard InChI is InChI=1S/C17H19N5O2/c1-12-19-20-15(23-12)11-22-9-5-8-14(10-22)17-18-16(21-24-17)13-6-3-2-4-7-13/h2-4,6-7,14H,5,8-11H2,1H3. The molecule has 4 rings (SSSR count). The van der Waals surface area contributed by atoms with Crippen LogP contribution in [-0.4, -0.2) is 38.3 Å². The molecular weight excluding hydrogens is 306 g/mol. The number of hydrogen-bond donors (Lipinski definition) is 0. The first-order valence-electron chi connectivity index (χ1n) is 8.18. The molecule has 1 fully saturated rings. The zero-order valence-electron chi connectivity index (χ0n) is 13.6. The molecule has 124 valence electrons. The molecule has 2 aromatic heterocycles. The lowest BCUT2D eigenvalue weighted by Crippen LogP contribution is -2.34. The van der Waals surface area contributed by atoms with E-state index in [1.54, 1.807) is 6.92 Å². The van der Waals surface area contributed by atoms with Crippen LogP contribution in [0.3, 0.4) is 0 Å². The zero-order valence-corrected chi connectivity index (χ0v) is 13.6. The topological polar surface area (TPSA) is 81.1 Å². The molecule has 0 saturated carbocycles. The van der Waals surface area contributed by atoms with E-state index in [0.29, 0.717) is 30.0 Å². The van der Waals surface area contributed by atoms with Crippen molar-refractivity contribution >= 4 is 0 Å². The second-order valence-electron chi connectivity index (χ2n) is 6.11. The van der Waals surface area contributed by atoms with Gasteiger partial charge in [0.25, 0.3) is 0 Å². The molecular formula is C17H19N5O2. The molecule has 1 aromatic carbocycles. The molecule has 0 aliphatic carbocycles. The molecule has 1 unspecified atom stereocenters. The number of hydrogen-bond acceptors (Lipinski definition) is 7. The maximum Gasteiger partial charge on any atom is 0.231 e. The van der Waals surface area contributed by atoms with Crippen molar-refractivity contribution in [2.24, 2.45) is 0 Å². The highest BCUT2D eigenvalue weighted by Crippen LogP contribution is 2.28. The van der Waals surface area contributed by atoms with Crippen LogP contribution in [-0.2, 0) is 6.54 Å². The van der Waals surface area contributed by atoms with Crippen LogP contribution in [0.4, 0.5) is 0 Å². The van der Waals surface area contributed by atoms with Crippen molar-refractivity contribution in [1.82, 2.24) is 25.2 Å². The normalized spacial score (nSPS) is 18.8. The molecule has 7 nitrogen and oxygen atoms in total. The maximum absolute atomic E-state index is 5.52. The average Bonchev–Trinajstić information content (AvgIpc) is 3.25. The minimum Gasteiger partial charge on any atom is -0.424 e. The van der Waals surface area contributed by atoms with E-state index in [0.717, 1.165) is 31.5 Å². The Bertz CT molecular complexity index is 798. The SMILES string of the molecule is Cc1nnc(CN2CCCC(c3nc(-c4ccccc4)no3)C2)o1. The first kappa shape index (κ1) is 15.0. The van der Waals surface area contributed by atoms with Crippen molar-refractivity contribution in [3.05, 3.63) is 48.0 Å². The summed E-state index contributed by atoms with van der Waals surface area (Å²) in [6, 6.07) is 9.89. The first-order chi connectivity index (χ1) is 11.8. The highest BCUT2D eigenvalue weighted by atomic mass is 16.5. The zero-order chi connectivity index (χ0) is 16.4. The molecule has 7 heteroatoms. The first-order valence-corrected chi connectivity index (χ1v) is 8.18. The Kier molecular flexibility index (Phi) is 4.08. The quantitative estimate of drug-likeness (QED) is 0.729. The summed E-state index contributed by atoms with van der Waals surface area (Å²) in [4.78, 5) is 6.89. The van der Waals surface area contributed by atoms with Gasteiger partial charge in [0, 0.05) is 19.0 Å². The number of aryl methyl sites for hydroxylation is 1. The van der Waals surface area contributed by atoms with Crippen LogP contribution in [0.25, 0.3) is 11.4 Å². The van der Waals surface area contributed by atoms with Crippen LogP contribution in [0.1, 0.15) is 36.4 Å². The minimum absolute atomic E-state index is 0.243. The van der Waals surface area contributed by atoms with Crippen LogP contribution in [0, 0.1) is 6.92 Å². The van der Waals surface area contributed by atoms with E-state index in [-0.39, 0.29) is 5.92 Å². The third kappa shape index (κ3) is 3.21. The Hall–Kier alpha value is -2.54. The Labute approximate surface area is 139 Å². The Morgan fingerprint density at radius 3 is 2.88 bits per heavy atom. The molecule has 24 heavy (non-hydrogen) atoms. The van der Waals surface area contributed by atoms with Gasteiger partial charge in [-0.25, -0.2) is 0 Å². The molecule has 0 spiro atoms. The molecule has 0 N–H and O–H groups in total. The lowest BCUT2D eigenvalue weighted by Gasteiger charge is -2.29. The molecule has 1 saturated heterocycles. The Balaban J connectivity index is 1.45. The van der Waals surface area contributed by atoms with E-state index in [1.807, 2.05) is 30.3 Å². The number of benzene rings is 1. The monoisotopic (exact) mass is 325 g/mol. The van der Waals surface area contributed by atoms with E-state index in [1.165, 1.54) is 0 Å². The smallest absolute Gasteiger partial charge is 0.231 e. The van der Waals surface area contributed by atoms with Gasteiger partial charge in [0.2, 0.25) is 23.5 Å². The molecule has 3 aromatic rings. The lowest BCUT2D eigenvalue weighted by molar-refractivity contribution is 0.166. The fourth-order valence-electron chi connectivity index (χ4n) is 3.10. The summed E-state index contributed by atoms with van der Waals surface area (Å²) in [6.07, 6.45) is 2.14. The van der Waals surface area contributed by atoms with E-state index in [9.17, 15) is 0 Å². The highest BCUT2D eigenvalue weighted by Gasteiger charge is 2.27. The van der Waals surface area contributed by atoms with Gasteiger partial charge in [0.1, 0.15) is 0 Å². The van der Waals surface area contributed by atoms with Gasteiger partial charge in [-0.3, -0.25) is 4.90 Å². The number of likely N-dealkylation sites (tertiary alicyclic amines) is 1. The van der Waals surface area contributed by atoms with E-state index < -0.39 is 0 Å². The summed E-state index contributed by atoms with van der Waals surface area (Å²) in [5.41, 5.74) is 0.974. The minimum atomic E-state index is 0.243. The van der Waals surface area contributed by atoms with Crippen LogP contribution in [0.15, 0.2) is 39.3 Å². The molecule has 0 bridgehead atoms. The second-order valence-corrected chi connectivity index (χ2v) is 6.11. The van der Waals surface area contributed by atoms with Crippen LogP contribution in [0.2, 0.25) is 0 Å². The van der Waals surface area contributed by atoms with Gasteiger partial charge in [-0.2, -0.15) is 4.98 Å². The summed E-state index contributed by atoms with van der Waals surface area (Å²) in [5, 5.41) is 12.1. The van der Waals surface area contributed by atoms with E-state index in [2.05, 4.69) is 25.2 Å². The number of nitrogens with zero attached hydrogens (tertiary/aromatic N) is 5. The maximum atomic E-state index is 5.52. The predicted octanol–water partition coefficient (Wildman–Crippen LogP) is 2.81. The van der Waals surface area contributed by atoms with Gasteiger partial charge in [0.05, 0.1) is 12.5 Å². The molecule has 1 atom stereocenters. The van der Waals surface area contributed by atoms with Crippen LogP contribution in [0.5, 0.6) is 0 Å². The van der Waals surface area contributed by atoms with Crippen molar-refractivity contribution < 1.29 is 8.94 Å². The van der Waals surface area contributed by atoms with Gasteiger partial charge in [-0.1, -0.05) is 35.5 Å². The predicted molar refractivity (Wildman–Crippen MR) is 86.0 cm³/mol. The second kappa shape index (κ2) is 6.52. The summed E-state index contributed by atoms with van der Waals surface area (Å²) in [5.74, 6) is 2.86. The van der Waals surface area contributed by atoms with Gasteiger partial charge in [-0.15, -0.1) is 10.2 Å². The van der Waals surface area contributed by atoms with Crippen molar-refractivity contribution in [2.75, 3.05) is 13.1 Å². The van der Waals surface area contributed by atoms with Gasteiger partial charge < -0.3 is 8.94 Å². The molecule has 1 aliphatic rings. The van der Waals surface area contributed by atoms with E-state index in [4.69, 9.17) is 8.94 Å². The summed E-state index contributed by atoms with van der Waals surface area (Å²) in [6.45, 7) is 4.34. The molecule has 1 aliphatic heterocycles. The highest BCUT2D eigenvalue weighted by molar-refractivity contribution is 5.53. The molecule has 0 radical (unpaired) electrons. The van der Waals surface area contributed by atoms with Gasteiger partial charge in [-0.05, 0) is 19.4 Å². The van der Waals surface area contributed by atoms with Crippen molar-refractivity contribution in [3.8, 4) is 11.4 Å².